The molecular formula is C23H17ClN2O3S. The van der Waals surface area contributed by atoms with E-state index in [1.54, 1.807) is 60.7 Å². The number of amides is 2. The van der Waals surface area contributed by atoms with Crippen LogP contribution in [-0.2, 0) is 9.59 Å². The molecule has 3 aromatic carbocycles. The molecule has 0 aliphatic carbocycles. The number of rotatable bonds is 5. The first-order valence-electron chi connectivity index (χ1n) is 9.22. The number of halogens is 1. The summed E-state index contributed by atoms with van der Waals surface area (Å²) in [6.07, 6.45) is 0.0416. The number of nitrogens with two attached hydrogens (primary N) is 1. The summed E-state index contributed by atoms with van der Waals surface area (Å²) < 4.78 is 0. The molecular weight excluding hydrogens is 420 g/mol. The molecule has 1 aliphatic heterocycles. The van der Waals surface area contributed by atoms with Gasteiger partial charge in [0, 0.05) is 33.2 Å². The maximum absolute atomic E-state index is 13.1. The van der Waals surface area contributed by atoms with Gasteiger partial charge in [0.15, 0.2) is 5.78 Å². The Hall–Kier alpha value is -3.09. The minimum atomic E-state index is -0.588. The van der Waals surface area contributed by atoms with Crippen molar-refractivity contribution in [3.05, 3.63) is 88.9 Å². The van der Waals surface area contributed by atoms with E-state index in [4.69, 9.17) is 17.3 Å². The maximum Gasteiger partial charge on any atom is 0.247 e. The van der Waals surface area contributed by atoms with Crippen LogP contribution in [0.5, 0.6) is 0 Å². The topological polar surface area (TPSA) is 80.5 Å². The van der Waals surface area contributed by atoms with Gasteiger partial charge in [0.05, 0.1) is 10.9 Å². The first-order valence-corrected chi connectivity index (χ1v) is 10.5. The quantitative estimate of drug-likeness (QED) is 0.360. The average molecular weight is 437 g/mol. The van der Waals surface area contributed by atoms with E-state index in [2.05, 4.69) is 0 Å². The van der Waals surface area contributed by atoms with E-state index in [0.29, 0.717) is 16.3 Å². The molecule has 2 N–H and O–H groups in total. The number of hydrogen-bond donors (Lipinski definition) is 1. The molecule has 7 heteroatoms. The Labute approximate surface area is 182 Å². The van der Waals surface area contributed by atoms with E-state index in [0.717, 1.165) is 9.80 Å². The van der Waals surface area contributed by atoms with Crippen molar-refractivity contribution >= 4 is 52.3 Å². The monoisotopic (exact) mass is 436 g/mol. The van der Waals surface area contributed by atoms with Crippen molar-refractivity contribution in [2.24, 2.45) is 0 Å². The van der Waals surface area contributed by atoms with Crippen LogP contribution in [0, 0.1) is 0 Å². The summed E-state index contributed by atoms with van der Waals surface area (Å²) in [4.78, 5) is 40.9. The summed E-state index contributed by atoms with van der Waals surface area (Å²) in [5.74, 6) is -1.02. The lowest BCUT2D eigenvalue weighted by atomic mass is 10.0. The molecule has 30 heavy (non-hydrogen) atoms. The van der Waals surface area contributed by atoms with Gasteiger partial charge in [0.2, 0.25) is 11.8 Å². The van der Waals surface area contributed by atoms with Crippen LogP contribution in [0.15, 0.2) is 77.7 Å². The molecule has 1 aliphatic rings. The second-order valence-electron chi connectivity index (χ2n) is 6.81. The van der Waals surface area contributed by atoms with Crippen molar-refractivity contribution in [1.82, 2.24) is 0 Å². The van der Waals surface area contributed by atoms with E-state index in [1.807, 2.05) is 6.07 Å². The van der Waals surface area contributed by atoms with Gasteiger partial charge in [-0.3, -0.25) is 14.4 Å². The van der Waals surface area contributed by atoms with Crippen LogP contribution in [0.25, 0.3) is 0 Å². The van der Waals surface area contributed by atoms with Gasteiger partial charge in [0.25, 0.3) is 0 Å². The van der Waals surface area contributed by atoms with Gasteiger partial charge in [0.1, 0.15) is 0 Å². The number of benzene rings is 3. The lowest BCUT2D eigenvalue weighted by molar-refractivity contribution is -0.121. The number of imide groups is 1. The summed E-state index contributed by atoms with van der Waals surface area (Å²) in [6.45, 7) is 0. The SMILES string of the molecule is Nc1cccc(S[C@@H]2CC(=O)N(c3ccc(Cl)cc3C(=O)c3ccccc3)C2=O)c1. The molecule has 1 fully saturated rings. The van der Waals surface area contributed by atoms with Gasteiger partial charge in [-0.1, -0.05) is 48.0 Å². The summed E-state index contributed by atoms with van der Waals surface area (Å²) >= 11 is 7.41. The molecule has 0 aromatic heterocycles. The number of nitrogens with zero attached hydrogens (tertiary/aromatic N) is 1. The molecule has 1 atom stereocenters. The summed E-state index contributed by atoms with van der Waals surface area (Å²) in [6, 6.07) is 20.4. The highest BCUT2D eigenvalue weighted by atomic mass is 35.5. The highest BCUT2D eigenvalue weighted by Gasteiger charge is 2.41. The van der Waals surface area contributed by atoms with Crippen molar-refractivity contribution in [1.29, 1.82) is 0 Å². The summed E-state index contributed by atoms with van der Waals surface area (Å²) in [7, 11) is 0. The molecule has 3 aromatic rings. The Balaban J connectivity index is 1.68. The predicted molar refractivity (Wildman–Crippen MR) is 119 cm³/mol. The molecule has 2 amide bonds. The standard InChI is InChI=1S/C23H17ClN2O3S/c24-15-9-10-19(18(11-15)22(28)14-5-2-1-3-6-14)26-21(27)13-20(23(26)29)30-17-8-4-7-16(25)12-17/h1-12,20H,13,25H2/t20-/m1/s1. The number of carbonyl (C=O) groups excluding carboxylic acids is 3. The first kappa shape index (κ1) is 20.2. The highest BCUT2D eigenvalue weighted by molar-refractivity contribution is 8.00. The van der Waals surface area contributed by atoms with Gasteiger partial charge in [-0.15, -0.1) is 11.8 Å². The lowest BCUT2D eigenvalue weighted by Crippen LogP contribution is -2.32. The highest BCUT2D eigenvalue weighted by Crippen LogP contribution is 2.37. The fourth-order valence-electron chi connectivity index (χ4n) is 3.33. The van der Waals surface area contributed by atoms with Gasteiger partial charge < -0.3 is 5.73 Å². The molecule has 0 radical (unpaired) electrons. The van der Waals surface area contributed by atoms with Crippen LogP contribution in [0.4, 0.5) is 11.4 Å². The van der Waals surface area contributed by atoms with E-state index >= 15 is 0 Å². The van der Waals surface area contributed by atoms with E-state index in [9.17, 15) is 14.4 Å². The Morgan fingerprint density at radius 1 is 1.00 bits per heavy atom. The number of nitrogen functional groups attached to an aromatic ring is 1. The molecule has 0 spiro atoms. The lowest BCUT2D eigenvalue weighted by Gasteiger charge is -2.19. The van der Waals surface area contributed by atoms with E-state index < -0.39 is 5.25 Å². The fourth-order valence-corrected chi connectivity index (χ4v) is 4.63. The zero-order valence-corrected chi connectivity index (χ0v) is 17.3. The molecule has 0 saturated carbocycles. The zero-order chi connectivity index (χ0) is 21.3. The average Bonchev–Trinajstić information content (AvgIpc) is 3.01. The molecule has 1 heterocycles. The normalized spacial score (nSPS) is 16.2. The van der Waals surface area contributed by atoms with Gasteiger partial charge in [-0.05, 0) is 36.4 Å². The first-order chi connectivity index (χ1) is 14.4. The number of thioether (sulfide) groups is 1. The van der Waals surface area contributed by atoms with Gasteiger partial charge in [-0.2, -0.15) is 0 Å². The molecule has 5 nitrogen and oxygen atoms in total. The Morgan fingerprint density at radius 2 is 1.77 bits per heavy atom. The number of ketones is 1. The van der Waals surface area contributed by atoms with Crippen molar-refractivity contribution in [2.75, 3.05) is 10.6 Å². The molecule has 0 unspecified atom stereocenters. The smallest absolute Gasteiger partial charge is 0.247 e. The number of hydrogen-bond acceptors (Lipinski definition) is 5. The molecule has 150 valence electrons. The van der Waals surface area contributed by atoms with E-state index in [-0.39, 0.29) is 35.3 Å². The van der Waals surface area contributed by atoms with Crippen LogP contribution >= 0.6 is 23.4 Å². The van der Waals surface area contributed by atoms with Crippen LogP contribution in [0.3, 0.4) is 0 Å². The van der Waals surface area contributed by atoms with Crippen LogP contribution in [0.2, 0.25) is 5.02 Å². The van der Waals surface area contributed by atoms with Crippen LogP contribution in [0.1, 0.15) is 22.3 Å². The fraction of sp³-hybridized carbons (Fsp3) is 0.0870. The summed E-state index contributed by atoms with van der Waals surface area (Å²) in [5.41, 5.74) is 7.31. The van der Waals surface area contributed by atoms with E-state index in [1.165, 1.54) is 17.8 Å². The molecule has 0 bridgehead atoms. The zero-order valence-electron chi connectivity index (χ0n) is 15.7. The predicted octanol–water partition coefficient (Wildman–Crippen LogP) is 4.58. The molecule has 4 rings (SSSR count). The van der Waals surface area contributed by atoms with Crippen molar-refractivity contribution in [3.8, 4) is 0 Å². The molecule has 1 saturated heterocycles. The van der Waals surface area contributed by atoms with Gasteiger partial charge >= 0.3 is 0 Å². The second kappa shape index (κ2) is 8.34. The third-order valence-corrected chi connectivity index (χ3v) is 6.14. The summed E-state index contributed by atoms with van der Waals surface area (Å²) in [5, 5.41) is -0.238. The van der Waals surface area contributed by atoms with Crippen LogP contribution in [-0.4, -0.2) is 22.8 Å². The minimum Gasteiger partial charge on any atom is -0.399 e. The maximum atomic E-state index is 13.1. The minimum absolute atomic E-state index is 0.0416. The second-order valence-corrected chi connectivity index (χ2v) is 8.52. The third-order valence-electron chi connectivity index (χ3n) is 4.72. The van der Waals surface area contributed by atoms with Crippen molar-refractivity contribution < 1.29 is 14.4 Å². The van der Waals surface area contributed by atoms with Crippen LogP contribution < -0.4 is 10.6 Å². The third kappa shape index (κ3) is 3.97. The van der Waals surface area contributed by atoms with Crippen molar-refractivity contribution in [2.45, 2.75) is 16.6 Å². The van der Waals surface area contributed by atoms with Crippen molar-refractivity contribution in [3.63, 3.8) is 0 Å². The Bertz CT molecular complexity index is 1150. The largest absolute Gasteiger partial charge is 0.399 e. The number of carbonyl (C=O) groups is 3. The number of anilines is 2. The Kier molecular flexibility index (Phi) is 5.61. The Morgan fingerprint density at radius 3 is 2.50 bits per heavy atom. The van der Waals surface area contributed by atoms with Gasteiger partial charge in [-0.25, -0.2) is 4.90 Å².